The van der Waals surface area contributed by atoms with Gasteiger partial charge in [-0.05, 0) is 44.3 Å². The van der Waals surface area contributed by atoms with E-state index in [0.717, 1.165) is 68.0 Å². The molecule has 37 heavy (non-hydrogen) atoms. The third-order valence-corrected chi connectivity index (χ3v) is 7.17. The van der Waals surface area contributed by atoms with E-state index in [1.807, 2.05) is 11.6 Å². The van der Waals surface area contributed by atoms with Crippen LogP contribution < -0.4 is 16.2 Å². The third kappa shape index (κ3) is 5.40. The van der Waals surface area contributed by atoms with Crippen LogP contribution in [0.4, 0.5) is 11.8 Å². The van der Waals surface area contributed by atoms with E-state index in [2.05, 4.69) is 32.0 Å². The Morgan fingerprint density at radius 1 is 1.08 bits per heavy atom. The summed E-state index contributed by atoms with van der Waals surface area (Å²) in [6, 6.07) is 4.23. The van der Waals surface area contributed by atoms with Gasteiger partial charge in [0.25, 0.3) is 18.5 Å². The zero-order valence-electron chi connectivity index (χ0n) is 20.7. The molecular formula is C24H32N8O5. The molecule has 2 atom stereocenters. The van der Waals surface area contributed by atoms with Crippen molar-refractivity contribution < 1.29 is 19.8 Å². The van der Waals surface area contributed by atoms with Crippen molar-refractivity contribution in [2.75, 3.05) is 36.8 Å². The average molecular weight is 513 g/mol. The largest absolute Gasteiger partial charge is 0.483 e. The molecule has 2 bridgehead atoms. The lowest BCUT2D eigenvalue weighted by Crippen LogP contribution is -2.48. The molecule has 0 aromatic carbocycles. The van der Waals surface area contributed by atoms with Crippen molar-refractivity contribution in [3.05, 3.63) is 39.9 Å². The van der Waals surface area contributed by atoms with Crippen LogP contribution in [0.1, 0.15) is 36.4 Å². The number of nitrogens with two attached hydrogens (primary N) is 1. The Labute approximate surface area is 213 Å². The second-order valence-corrected chi connectivity index (χ2v) is 9.51. The normalized spacial score (nSPS) is 20.3. The first-order valence-corrected chi connectivity index (χ1v) is 12.2. The number of aromatic nitrogens is 5. The number of hydrogen-bond donors (Lipinski definition) is 3. The van der Waals surface area contributed by atoms with Crippen molar-refractivity contribution >= 4 is 35.7 Å². The smallest absolute Gasteiger partial charge is 0.290 e. The third-order valence-electron chi connectivity index (χ3n) is 7.17. The van der Waals surface area contributed by atoms with Crippen LogP contribution in [0.25, 0.3) is 11.0 Å². The van der Waals surface area contributed by atoms with E-state index in [9.17, 15) is 4.79 Å². The summed E-state index contributed by atoms with van der Waals surface area (Å²) in [6.07, 6.45) is 5.29. The fourth-order valence-electron chi connectivity index (χ4n) is 5.63. The van der Waals surface area contributed by atoms with Crippen molar-refractivity contribution in [1.29, 1.82) is 0 Å². The SMILES string of the molecule is Cn1ncc2c(N)nc(N3C[C@@H]4C[C@H](C3)c3ccc(CN5CCCC5)c(=O)n3C4)nc21.O=CO.O=CO. The molecule has 4 N–H and O–H groups in total. The lowest BCUT2D eigenvalue weighted by atomic mass is 9.83. The molecule has 0 amide bonds. The van der Waals surface area contributed by atoms with Gasteiger partial charge < -0.3 is 25.4 Å². The van der Waals surface area contributed by atoms with E-state index in [0.29, 0.717) is 23.6 Å². The van der Waals surface area contributed by atoms with Gasteiger partial charge in [-0.15, -0.1) is 0 Å². The number of carboxylic acid groups (broad SMARTS) is 2. The van der Waals surface area contributed by atoms with Gasteiger partial charge in [-0.3, -0.25) is 24.0 Å². The van der Waals surface area contributed by atoms with Gasteiger partial charge in [0.2, 0.25) is 5.95 Å². The van der Waals surface area contributed by atoms with Crippen LogP contribution in [0, 0.1) is 5.92 Å². The molecule has 3 aliphatic heterocycles. The molecule has 0 saturated carbocycles. The molecule has 3 aliphatic rings. The van der Waals surface area contributed by atoms with E-state index in [4.69, 9.17) is 30.5 Å². The van der Waals surface area contributed by atoms with E-state index < -0.39 is 0 Å². The molecule has 0 spiro atoms. The number of fused-ring (bicyclic) bond motifs is 5. The highest BCUT2D eigenvalue weighted by atomic mass is 16.3. The fourth-order valence-corrected chi connectivity index (χ4v) is 5.63. The van der Waals surface area contributed by atoms with Crippen LogP contribution in [-0.4, -0.2) is 78.6 Å². The first-order chi connectivity index (χ1) is 17.9. The molecule has 13 heteroatoms. The molecule has 6 heterocycles. The molecule has 2 fully saturated rings. The summed E-state index contributed by atoms with van der Waals surface area (Å²) >= 11 is 0. The highest BCUT2D eigenvalue weighted by molar-refractivity contribution is 5.86. The summed E-state index contributed by atoms with van der Waals surface area (Å²) in [7, 11) is 1.87. The predicted octanol–water partition coefficient (Wildman–Crippen LogP) is 0.728. The first kappa shape index (κ1) is 26.1. The number of rotatable bonds is 3. The number of piperidine rings is 1. The topological polar surface area (TPSA) is 173 Å². The van der Waals surface area contributed by atoms with Crippen molar-refractivity contribution in [2.24, 2.45) is 13.0 Å². The number of nitrogen functional groups attached to an aromatic ring is 1. The molecular weight excluding hydrogens is 480 g/mol. The quantitative estimate of drug-likeness (QED) is 0.422. The van der Waals surface area contributed by atoms with Gasteiger partial charge in [-0.25, -0.2) is 0 Å². The number of aryl methyl sites for hydroxylation is 1. The van der Waals surface area contributed by atoms with Gasteiger partial charge in [0.15, 0.2) is 5.65 Å². The summed E-state index contributed by atoms with van der Waals surface area (Å²) < 4.78 is 3.78. The molecule has 3 aromatic heterocycles. The first-order valence-electron chi connectivity index (χ1n) is 12.2. The number of anilines is 2. The van der Waals surface area contributed by atoms with E-state index in [1.165, 1.54) is 12.8 Å². The van der Waals surface area contributed by atoms with Gasteiger partial charge in [0.1, 0.15) is 5.82 Å². The summed E-state index contributed by atoms with van der Waals surface area (Å²) in [6.45, 7) is 4.87. The van der Waals surface area contributed by atoms with Crippen LogP contribution in [-0.2, 0) is 29.7 Å². The van der Waals surface area contributed by atoms with Gasteiger partial charge in [0, 0.05) is 50.4 Å². The van der Waals surface area contributed by atoms with Crippen molar-refractivity contribution in [1.82, 2.24) is 29.2 Å². The Hall–Kier alpha value is -4.00. The second-order valence-electron chi connectivity index (χ2n) is 9.51. The van der Waals surface area contributed by atoms with E-state index in [-0.39, 0.29) is 18.5 Å². The van der Waals surface area contributed by atoms with Crippen molar-refractivity contribution in [3.63, 3.8) is 0 Å². The standard InChI is InChI=1S/C22H28N8O.2CH2O2/c1-27-20-17(9-24-27)19(23)25-22(26-20)29-10-14-8-16(13-29)18-5-4-15(21(31)30(18)11-14)12-28-6-2-3-7-28;2*2-1-3/h4-5,9,14,16H,2-3,6-8,10-13H2,1H3,(H2,23,25,26);2*1H,(H,2,3)/t14-,16+;;/m0../s1. The Bertz CT molecular complexity index is 1310. The molecule has 13 nitrogen and oxygen atoms in total. The minimum absolute atomic E-state index is 0.198. The monoisotopic (exact) mass is 512 g/mol. The van der Waals surface area contributed by atoms with Crippen LogP contribution in [0.2, 0.25) is 0 Å². The zero-order valence-corrected chi connectivity index (χ0v) is 20.7. The number of pyridine rings is 1. The number of hydrogen-bond acceptors (Lipinski definition) is 9. The fraction of sp³-hybridized carbons (Fsp3) is 0.500. The predicted molar refractivity (Wildman–Crippen MR) is 136 cm³/mol. The summed E-state index contributed by atoms with van der Waals surface area (Å²) in [5, 5.41) is 18.8. The maximum Gasteiger partial charge on any atom is 0.290 e. The lowest BCUT2D eigenvalue weighted by molar-refractivity contribution is -0.123. The Morgan fingerprint density at radius 2 is 1.78 bits per heavy atom. The van der Waals surface area contributed by atoms with Gasteiger partial charge in [-0.1, -0.05) is 6.07 Å². The summed E-state index contributed by atoms with van der Waals surface area (Å²) in [5.41, 5.74) is 9.22. The Morgan fingerprint density at radius 3 is 2.49 bits per heavy atom. The van der Waals surface area contributed by atoms with E-state index in [1.54, 1.807) is 10.9 Å². The number of likely N-dealkylation sites (tertiary alicyclic amines) is 1. The molecule has 2 saturated heterocycles. The molecule has 0 radical (unpaired) electrons. The van der Waals surface area contributed by atoms with Gasteiger partial charge in [0.05, 0.1) is 11.6 Å². The van der Waals surface area contributed by atoms with Gasteiger partial charge >= 0.3 is 0 Å². The summed E-state index contributed by atoms with van der Waals surface area (Å²) in [4.78, 5) is 43.9. The summed E-state index contributed by atoms with van der Waals surface area (Å²) in [5.74, 6) is 1.82. The van der Waals surface area contributed by atoms with Crippen LogP contribution in [0.15, 0.2) is 23.1 Å². The van der Waals surface area contributed by atoms with Gasteiger partial charge in [-0.2, -0.15) is 15.1 Å². The number of nitrogens with zero attached hydrogens (tertiary/aromatic N) is 7. The molecule has 198 valence electrons. The Balaban J connectivity index is 0.000000489. The van der Waals surface area contributed by atoms with Crippen LogP contribution in [0.5, 0.6) is 0 Å². The molecule has 0 unspecified atom stereocenters. The minimum Gasteiger partial charge on any atom is -0.483 e. The van der Waals surface area contributed by atoms with Crippen molar-refractivity contribution in [3.8, 4) is 0 Å². The molecule has 0 aliphatic carbocycles. The Kier molecular flexibility index (Phi) is 8.01. The van der Waals surface area contributed by atoms with Crippen LogP contribution >= 0.6 is 0 Å². The van der Waals surface area contributed by atoms with E-state index >= 15 is 0 Å². The molecule has 6 rings (SSSR count). The van der Waals surface area contributed by atoms with Crippen LogP contribution in [0.3, 0.4) is 0 Å². The second kappa shape index (κ2) is 11.4. The number of carbonyl (C=O) groups is 2. The maximum atomic E-state index is 13.3. The minimum atomic E-state index is -0.250. The van der Waals surface area contributed by atoms with Crippen molar-refractivity contribution in [2.45, 2.75) is 38.3 Å². The lowest BCUT2D eigenvalue weighted by Gasteiger charge is -2.43. The highest BCUT2D eigenvalue weighted by Crippen LogP contribution is 2.37. The highest BCUT2D eigenvalue weighted by Gasteiger charge is 2.36. The zero-order chi connectivity index (χ0) is 26.5. The molecule has 3 aromatic rings. The average Bonchev–Trinajstić information content (AvgIpc) is 3.52. The maximum absolute atomic E-state index is 13.3.